The molecule has 5 nitrogen and oxygen atoms in total. The van der Waals surface area contributed by atoms with E-state index in [9.17, 15) is 0 Å². The van der Waals surface area contributed by atoms with Crippen LogP contribution in [0.25, 0.3) is 0 Å². The minimum absolute atomic E-state index is 0.0411. The van der Waals surface area contributed by atoms with Gasteiger partial charge in [0.15, 0.2) is 0 Å². The third-order valence-electron chi connectivity index (χ3n) is 12.2. The molecule has 57 heavy (non-hydrogen) atoms. The topological polar surface area (TPSA) is 46.2 Å². The van der Waals surface area contributed by atoms with Crippen LogP contribution in [0, 0.1) is 0 Å². The second-order valence-corrected chi connectivity index (χ2v) is 35.2. The molecule has 4 aromatic rings. The molecule has 1 heterocycles. The van der Waals surface area contributed by atoms with Crippen molar-refractivity contribution < 1.29 is 22.8 Å². The van der Waals surface area contributed by atoms with Crippen molar-refractivity contribution in [3.8, 4) is 0 Å². The van der Waals surface area contributed by atoms with Gasteiger partial charge in [-0.2, -0.15) is 0 Å². The molecule has 0 saturated carbocycles. The van der Waals surface area contributed by atoms with Crippen LogP contribution in [0.1, 0.15) is 58.2 Å². The molecule has 1 aliphatic rings. The van der Waals surface area contributed by atoms with Crippen molar-refractivity contribution in [2.45, 2.75) is 132 Å². The average Bonchev–Trinajstić information content (AvgIpc) is 3.15. The summed E-state index contributed by atoms with van der Waals surface area (Å²) in [4.78, 5) is 0. The maximum absolute atomic E-state index is 7.72. The van der Waals surface area contributed by atoms with E-state index < -0.39 is 42.8 Å². The van der Waals surface area contributed by atoms with Crippen molar-refractivity contribution in [1.82, 2.24) is 0 Å². The van der Waals surface area contributed by atoms with Crippen molar-refractivity contribution in [2.75, 3.05) is 6.61 Å². The SMILES string of the molecule is C=CC[Si](C)(C)O[C@@H]1[C@@H](O[Si](C)(C)C(C)(C)C)[C@H](O[Si](C)(C)C(C)(C)C)[C@@H](COC(c2ccccc2)(c2ccccc2)c2ccccc2)O[C@H]1[Se]c1ccccc1. The van der Waals surface area contributed by atoms with E-state index in [0.29, 0.717) is 0 Å². The summed E-state index contributed by atoms with van der Waals surface area (Å²) < 4.78 is 39.2. The second kappa shape index (κ2) is 18.5. The molecule has 0 amide bonds. The van der Waals surface area contributed by atoms with Crippen LogP contribution in [0.5, 0.6) is 0 Å². The molecule has 0 spiro atoms. The summed E-state index contributed by atoms with van der Waals surface area (Å²) >= 11 is -0.102. The van der Waals surface area contributed by atoms with Crippen LogP contribution >= 0.6 is 0 Å². The Bertz CT molecular complexity index is 1750. The summed E-state index contributed by atoms with van der Waals surface area (Å²) in [5.41, 5.74) is 2.24. The fraction of sp³-hybridized carbons (Fsp3) is 0.458. The molecule has 0 N–H and O–H groups in total. The van der Waals surface area contributed by atoms with Crippen molar-refractivity contribution in [3.05, 3.63) is 151 Å². The van der Waals surface area contributed by atoms with Crippen molar-refractivity contribution >= 4 is 44.4 Å². The van der Waals surface area contributed by atoms with Gasteiger partial charge in [-0.25, -0.2) is 0 Å². The molecule has 4 aromatic carbocycles. The number of rotatable bonds is 16. The van der Waals surface area contributed by atoms with Crippen molar-refractivity contribution in [1.29, 1.82) is 0 Å². The monoisotopic (exact) mass is 888 g/mol. The van der Waals surface area contributed by atoms with E-state index in [1.807, 2.05) is 6.08 Å². The summed E-state index contributed by atoms with van der Waals surface area (Å²) in [7, 11) is -7.09. The van der Waals surface area contributed by atoms with Gasteiger partial charge in [0, 0.05) is 0 Å². The summed E-state index contributed by atoms with van der Waals surface area (Å²) in [6, 6.07) is 43.4. The van der Waals surface area contributed by atoms with Gasteiger partial charge in [0.25, 0.3) is 0 Å². The first-order valence-electron chi connectivity index (χ1n) is 20.5. The van der Waals surface area contributed by atoms with E-state index in [-0.39, 0.29) is 48.9 Å². The number of hydrogen-bond acceptors (Lipinski definition) is 5. The summed E-state index contributed by atoms with van der Waals surface area (Å²) in [6.45, 7) is 32.2. The Kier molecular flexibility index (Phi) is 14.8. The zero-order valence-corrected chi connectivity index (χ0v) is 41.3. The Morgan fingerprint density at radius 1 is 0.579 bits per heavy atom. The van der Waals surface area contributed by atoms with E-state index in [1.54, 1.807) is 0 Å². The van der Waals surface area contributed by atoms with Gasteiger partial charge >= 0.3 is 356 Å². The van der Waals surface area contributed by atoms with Gasteiger partial charge < -0.3 is 0 Å². The Morgan fingerprint density at radius 2 is 0.982 bits per heavy atom. The molecule has 1 saturated heterocycles. The average molecular weight is 888 g/mol. The first kappa shape index (κ1) is 45.7. The number of allylic oxidation sites excluding steroid dienone is 1. The van der Waals surface area contributed by atoms with Gasteiger partial charge in [0.05, 0.1) is 0 Å². The summed E-state index contributed by atoms with van der Waals surface area (Å²) in [5, 5.41) is -0.348. The normalized spacial score (nSPS) is 21.3. The molecular formula is C48H68O5SeSi3. The zero-order chi connectivity index (χ0) is 41.7. The van der Waals surface area contributed by atoms with Crippen molar-refractivity contribution in [3.63, 3.8) is 0 Å². The predicted octanol–water partition coefficient (Wildman–Crippen LogP) is 11.3. The van der Waals surface area contributed by atoms with Crippen LogP contribution < -0.4 is 4.46 Å². The van der Waals surface area contributed by atoms with Crippen LogP contribution in [0.2, 0.25) is 55.4 Å². The second-order valence-electron chi connectivity index (χ2n) is 19.1. The number of hydrogen-bond donors (Lipinski definition) is 0. The number of ether oxygens (including phenoxy) is 2. The first-order valence-corrected chi connectivity index (χ1v) is 31.3. The number of benzene rings is 4. The molecule has 0 aliphatic carbocycles. The van der Waals surface area contributed by atoms with Crippen LogP contribution in [0.3, 0.4) is 0 Å². The molecule has 1 aliphatic heterocycles. The molecule has 5 atom stereocenters. The van der Waals surface area contributed by atoms with E-state index in [2.05, 4.69) is 209 Å². The van der Waals surface area contributed by atoms with E-state index >= 15 is 0 Å². The third-order valence-corrected chi connectivity index (χ3v) is 25.7. The van der Waals surface area contributed by atoms with Crippen LogP contribution in [0.15, 0.2) is 134 Å². The van der Waals surface area contributed by atoms with E-state index in [4.69, 9.17) is 22.8 Å². The summed E-state index contributed by atoms with van der Waals surface area (Å²) in [5.74, 6) is 0. The molecule has 9 heteroatoms. The Morgan fingerprint density at radius 3 is 1.39 bits per heavy atom. The van der Waals surface area contributed by atoms with Gasteiger partial charge in [0.2, 0.25) is 0 Å². The molecule has 308 valence electrons. The molecule has 0 unspecified atom stereocenters. The van der Waals surface area contributed by atoms with E-state index in [0.717, 1.165) is 22.7 Å². The Labute approximate surface area is 354 Å². The predicted molar refractivity (Wildman–Crippen MR) is 247 cm³/mol. The maximum atomic E-state index is 7.72. The summed E-state index contributed by atoms with van der Waals surface area (Å²) in [6.07, 6.45) is 0.390. The van der Waals surface area contributed by atoms with Gasteiger partial charge in [-0.1, -0.05) is 0 Å². The Balaban J connectivity index is 1.73. The molecular weight excluding hydrogens is 820 g/mol. The molecule has 0 radical (unpaired) electrons. The minimum atomic E-state index is -2.42. The standard InChI is InChI=1S/C48H68O5SeSi3/c1-14-35-55(8,9)51-44-43(53-57(12,13)47(5,6)7)42(52-56(10,11)46(2,3)4)41(50-45(44)54-40-33-25-18-26-34-40)36-49-48(37-27-19-15-20-28-37,38-29-21-16-22-30-38)39-31-23-17-24-32-39/h14-34,41-45H,1,35-36H2,2-13H3/t41-,42-,43+,44-,45+/m1/s1. The van der Waals surface area contributed by atoms with Gasteiger partial charge in [-0.15, -0.1) is 0 Å². The zero-order valence-electron chi connectivity index (χ0n) is 36.6. The molecule has 1 fully saturated rings. The molecule has 0 bridgehead atoms. The quantitative estimate of drug-likeness (QED) is 0.0637. The van der Waals surface area contributed by atoms with E-state index in [1.165, 1.54) is 4.46 Å². The van der Waals surface area contributed by atoms with Gasteiger partial charge in [0.1, 0.15) is 0 Å². The van der Waals surface area contributed by atoms with Crippen LogP contribution in [-0.4, -0.2) is 75.9 Å². The van der Waals surface area contributed by atoms with Crippen molar-refractivity contribution in [2.24, 2.45) is 0 Å². The first-order chi connectivity index (χ1) is 26.7. The van der Waals surface area contributed by atoms with Gasteiger partial charge in [-0.3, -0.25) is 0 Å². The fourth-order valence-corrected chi connectivity index (χ4v) is 13.9. The molecule has 5 rings (SSSR count). The van der Waals surface area contributed by atoms with Crippen LogP contribution in [-0.2, 0) is 28.4 Å². The Hall–Kier alpha value is -2.41. The van der Waals surface area contributed by atoms with Gasteiger partial charge in [-0.05, 0) is 0 Å². The fourth-order valence-electron chi connectivity index (χ4n) is 6.92. The molecule has 0 aromatic heterocycles. The van der Waals surface area contributed by atoms with Crippen LogP contribution in [0.4, 0.5) is 0 Å². The third kappa shape index (κ3) is 10.9.